The third-order valence-corrected chi connectivity index (χ3v) is 5.94. The molecule has 1 aliphatic heterocycles. The van der Waals surface area contributed by atoms with Crippen LogP contribution in [0.1, 0.15) is 15.4 Å². The molecule has 1 atom stereocenters. The Kier molecular flexibility index (Phi) is 4.03. The minimum absolute atomic E-state index is 0.124. The van der Waals surface area contributed by atoms with Crippen LogP contribution in [-0.4, -0.2) is 31.1 Å². The number of aryl methyl sites for hydroxylation is 1. The summed E-state index contributed by atoms with van der Waals surface area (Å²) in [4.78, 5) is 17.1. The molecule has 0 radical (unpaired) electrons. The predicted octanol–water partition coefficient (Wildman–Crippen LogP) is 2.30. The number of benzene rings is 1. The Morgan fingerprint density at radius 2 is 2.04 bits per heavy atom. The summed E-state index contributed by atoms with van der Waals surface area (Å²) < 4.78 is 35.7. The number of nitrogens with zero attached hydrogens (tertiary/aromatic N) is 1. The minimum atomic E-state index is -3.22. The van der Waals surface area contributed by atoms with E-state index in [0.717, 1.165) is 11.0 Å². The van der Waals surface area contributed by atoms with E-state index in [0.29, 0.717) is 15.6 Å². The summed E-state index contributed by atoms with van der Waals surface area (Å²) in [5.74, 6) is -0.823. The first kappa shape index (κ1) is 15.8. The summed E-state index contributed by atoms with van der Waals surface area (Å²) in [7, 11) is -3.22. The molecule has 5 nitrogen and oxygen atoms in total. The first-order valence-electron chi connectivity index (χ1n) is 6.79. The van der Waals surface area contributed by atoms with Gasteiger partial charge in [-0.15, -0.1) is 11.3 Å². The fourth-order valence-electron chi connectivity index (χ4n) is 2.22. The van der Waals surface area contributed by atoms with E-state index in [1.165, 1.54) is 29.5 Å². The van der Waals surface area contributed by atoms with Gasteiger partial charge in [-0.3, -0.25) is 4.79 Å². The van der Waals surface area contributed by atoms with Gasteiger partial charge in [-0.25, -0.2) is 17.8 Å². The molecule has 8 heteroatoms. The monoisotopic (exact) mass is 352 g/mol. The molecule has 2 aromatic rings. The highest BCUT2D eigenvalue weighted by molar-refractivity contribution is 7.94. The second-order valence-electron chi connectivity index (χ2n) is 5.18. The number of carbonyl (C=O) groups is 1. The third kappa shape index (κ3) is 3.48. The van der Waals surface area contributed by atoms with Crippen LogP contribution in [0.2, 0.25) is 0 Å². The second-order valence-corrected chi connectivity index (χ2v) is 8.11. The van der Waals surface area contributed by atoms with Crippen molar-refractivity contribution in [2.45, 2.75) is 13.0 Å². The lowest BCUT2D eigenvalue weighted by Crippen LogP contribution is -2.35. The number of aromatic nitrogens is 1. The molecule has 0 aliphatic carbocycles. The number of thiazole rings is 1. The van der Waals surface area contributed by atoms with Crippen LogP contribution >= 0.6 is 11.3 Å². The van der Waals surface area contributed by atoms with E-state index in [4.69, 9.17) is 0 Å². The highest BCUT2D eigenvalue weighted by atomic mass is 32.2. The van der Waals surface area contributed by atoms with Gasteiger partial charge in [-0.2, -0.15) is 0 Å². The van der Waals surface area contributed by atoms with E-state index in [2.05, 4.69) is 10.3 Å². The van der Waals surface area contributed by atoms with Crippen LogP contribution in [0.15, 0.2) is 35.7 Å². The van der Waals surface area contributed by atoms with Gasteiger partial charge in [0.25, 0.3) is 5.91 Å². The van der Waals surface area contributed by atoms with Gasteiger partial charge in [0.15, 0.2) is 9.84 Å². The molecule has 3 rings (SSSR count). The van der Waals surface area contributed by atoms with Gasteiger partial charge in [-0.05, 0) is 37.3 Å². The van der Waals surface area contributed by atoms with E-state index in [9.17, 15) is 17.6 Å². The van der Waals surface area contributed by atoms with Gasteiger partial charge >= 0.3 is 0 Å². The van der Waals surface area contributed by atoms with Crippen molar-refractivity contribution < 1.29 is 17.6 Å². The zero-order valence-electron chi connectivity index (χ0n) is 12.1. The van der Waals surface area contributed by atoms with Crippen molar-refractivity contribution in [3.05, 3.63) is 52.1 Å². The maximum atomic E-state index is 13.0. The van der Waals surface area contributed by atoms with Crippen LogP contribution in [0.3, 0.4) is 0 Å². The highest BCUT2D eigenvalue weighted by Gasteiger charge is 2.25. The molecule has 1 N–H and O–H groups in total. The molecule has 0 bridgehead atoms. The molecule has 120 valence electrons. The maximum Gasteiger partial charge on any atom is 0.263 e. The van der Waals surface area contributed by atoms with Crippen LogP contribution in [0.25, 0.3) is 10.6 Å². The molecule has 0 spiro atoms. The molecular weight excluding hydrogens is 339 g/mol. The number of sulfone groups is 1. The van der Waals surface area contributed by atoms with Crippen molar-refractivity contribution in [3.8, 4) is 10.6 Å². The fourth-order valence-corrected chi connectivity index (χ4v) is 4.43. The molecule has 1 aliphatic rings. The Bertz CT molecular complexity index is 886. The van der Waals surface area contributed by atoms with E-state index in [1.807, 2.05) is 0 Å². The van der Waals surface area contributed by atoms with Crippen molar-refractivity contribution in [2.75, 3.05) is 5.75 Å². The number of hydrogen-bond donors (Lipinski definition) is 1. The number of hydrogen-bond acceptors (Lipinski definition) is 5. The number of halogens is 1. The number of carbonyl (C=O) groups excluding carboxylic acids is 1. The second kappa shape index (κ2) is 5.86. The largest absolute Gasteiger partial charge is 0.344 e. The topological polar surface area (TPSA) is 76.1 Å². The Morgan fingerprint density at radius 1 is 1.35 bits per heavy atom. The minimum Gasteiger partial charge on any atom is -0.344 e. The van der Waals surface area contributed by atoms with Gasteiger partial charge in [0.1, 0.15) is 15.7 Å². The van der Waals surface area contributed by atoms with Gasteiger partial charge in [0.05, 0.1) is 17.5 Å². The summed E-state index contributed by atoms with van der Waals surface area (Å²) in [5.41, 5.74) is 1.28. The van der Waals surface area contributed by atoms with Crippen LogP contribution in [0, 0.1) is 12.7 Å². The molecule has 1 aromatic carbocycles. The molecule has 0 unspecified atom stereocenters. The van der Waals surface area contributed by atoms with Crippen molar-refractivity contribution >= 4 is 27.1 Å². The summed E-state index contributed by atoms with van der Waals surface area (Å²) >= 11 is 1.19. The normalized spacial score (nSPS) is 19.0. The number of amides is 1. The lowest BCUT2D eigenvalue weighted by Gasteiger charge is -2.08. The standard InChI is InChI=1S/C15H13FN2O3S2/c1-9-13(14(19)18-12-6-7-23(20,21)8-12)22-15(17-9)10-2-4-11(16)5-3-10/h2-7,12H,8H2,1H3,(H,18,19)/t12-/m1/s1. The smallest absolute Gasteiger partial charge is 0.263 e. The molecule has 23 heavy (non-hydrogen) atoms. The highest BCUT2D eigenvalue weighted by Crippen LogP contribution is 2.28. The van der Waals surface area contributed by atoms with Crippen LogP contribution < -0.4 is 5.32 Å². The van der Waals surface area contributed by atoms with Crippen LogP contribution in [-0.2, 0) is 9.84 Å². The summed E-state index contributed by atoms with van der Waals surface area (Å²) in [6, 6.07) is 5.34. The van der Waals surface area contributed by atoms with E-state index in [-0.39, 0.29) is 17.5 Å². The van der Waals surface area contributed by atoms with Crippen molar-refractivity contribution in [2.24, 2.45) is 0 Å². The van der Waals surface area contributed by atoms with Crippen LogP contribution in [0.5, 0.6) is 0 Å². The average molecular weight is 352 g/mol. The molecule has 1 aromatic heterocycles. The van der Waals surface area contributed by atoms with Gasteiger partial charge in [0.2, 0.25) is 0 Å². The zero-order valence-corrected chi connectivity index (χ0v) is 13.7. The van der Waals surface area contributed by atoms with Gasteiger partial charge in [0, 0.05) is 11.0 Å². The average Bonchev–Trinajstić information content (AvgIpc) is 3.02. The Labute approximate surface area is 136 Å². The lowest BCUT2D eigenvalue weighted by molar-refractivity contribution is 0.0951. The van der Waals surface area contributed by atoms with Gasteiger partial charge < -0.3 is 5.32 Å². The molecule has 2 heterocycles. The maximum absolute atomic E-state index is 13.0. The predicted molar refractivity (Wildman–Crippen MR) is 86.4 cm³/mol. The zero-order chi connectivity index (χ0) is 16.6. The van der Waals surface area contributed by atoms with Crippen molar-refractivity contribution in [3.63, 3.8) is 0 Å². The first-order chi connectivity index (χ1) is 10.8. The summed E-state index contributed by atoms with van der Waals surface area (Å²) in [6.07, 6.45) is 1.46. The van der Waals surface area contributed by atoms with Crippen molar-refractivity contribution in [1.29, 1.82) is 0 Å². The van der Waals surface area contributed by atoms with Crippen LogP contribution in [0.4, 0.5) is 4.39 Å². The third-order valence-electron chi connectivity index (χ3n) is 3.34. The number of rotatable bonds is 3. The van der Waals surface area contributed by atoms with E-state index < -0.39 is 15.9 Å². The summed E-state index contributed by atoms with van der Waals surface area (Å²) in [5, 5.41) is 4.40. The fraction of sp³-hybridized carbons (Fsp3) is 0.200. The Hall–Kier alpha value is -2.06. The molecule has 0 saturated carbocycles. The van der Waals surface area contributed by atoms with E-state index >= 15 is 0 Å². The van der Waals surface area contributed by atoms with Crippen molar-refractivity contribution in [1.82, 2.24) is 10.3 Å². The molecular formula is C15H13FN2O3S2. The lowest BCUT2D eigenvalue weighted by atomic mass is 10.2. The molecule has 0 fully saturated rings. The number of nitrogens with one attached hydrogen (secondary N) is 1. The Morgan fingerprint density at radius 3 is 2.65 bits per heavy atom. The summed E-state index contributed by atoms with van der Waals surface area (Å²) in [6.45, 7) is 1.71. The Balaban J connectivity index is 1.79. The SMILES string of the molecule is Cc1nc(-c2ccc(F)cc2)sc1C(=O)N[C@@H]1C=CS(=O)(=O)C1. The molecule has 0 saturated heterocycles. The first-order valence-corrected chi connectivity index (χ1v) is 9.32. The molecule has 1 amide bonds. The van der Waals surface area contributed by atoms with E-state index in [1.54, 1.807) is 19.1 Å². The quantitative estimate of drug-likeness (QED) is 0.920. The van der Waals surface area contributed by atoms with Gasteiger partial charge in [-0.1, -0.05) is 0 Å².